The van der Waals surface area contributed by atoms with Crippen LogP contribution in [0.5, 0.6) is 11.5 Å². The third-order valence-corrected chi connectivity index (χ3v) is 14.2. The molecule has 0 spiro atoms. The molecule has 73 heavy (non-hydrogen) atoms. The molecule has 8 heteroatoms. The Morgan fingerprint density at radius 3 is 1.71 bits per heavy atom. The van der Waals surface area contributed by atoms with Crippen molar-refractivity contribution in [2.45, 2.75) is 26.2 Å². The molecular weight excluding hydrogens is 1080 g/mol. The van der Waals surface area contributed by atoms with E-state index in [4.69, 9.17) is 24.5 Å². The van der Waals surface area contributed by atoms with E-state index >= 15 is 0 Å². The van der Waals surface area contributed by atoms with Gasteiger partial charge in [-0.15, -0.1) is 0 Å². The van der Waals surface area contributed by atoms with Crippen LogP contribution in [-0.2, 0) is 24.8 Å². The molecule has 13 rings (SSSR count). The van der Waals surface area contributed by atoms with Gasteiger partial charge in [0.25, 0.3) is 0 Å². The Kier molecular flexibility index (Phi) is 8.26. The molecule has 0 fully saturated rings. The molecule has 0 bridgehead atoms. The Morgan fingerprint density at radius 1 is 0.575 bits per heavy atom. The number of hydrogen-bond acceptors (Lipinski definition) is 2. The summed E-state index contributed by atoms with van der Waals surface area (Å²) in [7, 11) is 0. The molecule has 0 saturated heterocycles. The van der Waals surface area contributed by atoms with Gasteiger partial charge in [-0.2, -0.15) is 0 Å². The van der Waals surface area contributed by atoms with Crippen molar-refractivity contribution in [3.05, 3.63) is 245 Å². The van der Waals surface area contributed by atoms with Crippen LogP contribution in [0.1, 0.15) is 40.0 Å². The van der Waals surface area contributed by atoms with Gasteiger partial charge in [-0.05, 0) is 17.0 Å². The minimum atomic E-state index is -0.599. The molecule has 0 saturated carbocycles. The summed E-state index contributed by atoms with van der Waals surface area (Å²) in [6.45, 7) is 14.8. The number of para-hydroxylation sites is 5. The van der Waals surface area contributed by atoms with Crippen molar-refractivity contribution in [2.24, 2.45) is 0 Å². The van der Waals surface area contributed by atoms with Gasteiger partial charge in [0.2, 0.25) is 0 Å². The summed E-state index contributed by atoms with van der Waals surface area (Å²) >= 11 is 2.15. The molecule has 0 unspecified atom stereocenters. The summed E-state index contributed by atoms with van der Waals surface area (Å²) in [5.41, 5.74) is 6.33. The molecule has 4 heterocycles. The summed E-state index contributed by atoms with van der Waals surface area (Å²) < 4.78 is 106. The average Bonchev–Trinajstić information content (AvgIpc) is 2.96. The third-order valence-electron chi connectivity index (χ3n) is 13.2. The molecule has 0 radical (unpaired) electrons. The number of rotatable bonds is 8. The van der Waals surface area contributed by atoms with E-state index in [1.54, 1.807) is 30.5 Å². The van der Waals surface area contributed by atoms with E-state index in [1.807, 2.05) is 134 Å². The van der Waals surface area contributed by atoms with Crippen LogP contribution in [0, 0.1) is 22.5 Å². The van der Waals surface area contributed by atoms with Crippen molar-refractivity contribution in [3.63, 3.8) is 0 Å². The van der Waals surface area contributed by atoms with Crippen LogP contribution in [0.25, 0.3) is 105 Å². The van der Waals surface area contributed by atoms with Crippen LogP contribution in [0.4, 0.5) is 5.69 Å². The van der Waals surface area contributed by atoms with Crippen molar-refractivity contribution < 1.29 is 37.8 Å². The summed E-state index contributed by atoms with van der Waals surface area (Å²) in [4.78, 5) is 8.74. The van der Waals surface area contributed by atoms with Crippen LogP contribution in [0.15, 0.2) is 212 Å². The van der Waals surface area contributed by atoms with Gasteiger partial charge >= 0.3 is 393 Å². The molecule has 7 nitrogen and oxygen atoms in total. The Hall–Kier alpha value is -8.82. The SMILES string of the molecule is [2H]c1c([2H])c([2H])c(-c2cc(-n3c4ccccc4c4ccccc43)cc(-c3c([2H])c([2H])c([2H])c([2H])c3[2H])c2-n2[c](=[Pt])n(-c3[c-]c(Oc4[c-]c5c(cc4[N+]#[C-])c4ccccc4n5-c4cc(C(C)(C)C)ccn4)ccc3)c3ccccc32)c([2H])c1[2H]. The molecular formula is C65H44N6OPt-2. The number of benzene rings is 9. The number of fused-ring (bicyclic) bond motifs is 7. The van der Waals surface area contributed by atoms with Crippen LogP contribution in [0.2, 0.25) is 0 Å². The van der Waals surface area contributed by atoms with Crippen LogP contribution >= 0.6 is 0 Å². The van der Waals surface area contributed by atoms with Gasteiger partial charge in [0, 0.05) is 6.20 Å². The van der Waals surface area contributed by atoms with E-state index in [9.17, 15) is 5.48 Å². The number of hydrogen-bond donors (Lipinski definition) is 0. The number of imidazole rings is 1. The van der Waals surface area contributed by atoms with E-state index in [-0.39, 0.29) is 50.5 Å². The fourth-order valence-corrected chi connectivity index (χ4v) is 11.0. The second kappa shape index (κ2) is 17.5. The Morgan fingerprint density at radius 2 is 1.12 bits per heavy atom. The fraction of sp³-hybridized carbons (Fsp3) is 0.0615. The van der Waals surface area contributed by atoms with Crippen molar-refractivity contribution in [1.29, 1.82) is 0 Å². The second-order valence-corrected chi connectivity index (χ2v) is 19.5. The Labute approximate surface area is 447 Å². The first-order chi connectivity index (χ1) is 39.9. The van der Waals surface area contributed by atoms with Crippen molar-refractivity contribution in [3.8, 4) is 56.6 Å². The predicted molar refractivity (Wildman–Crippen MR) is 292 cm³/mol. The molecule has 0 amide bonds. The summed E-state index contributed by atoms with van der Waals surface area (Å²) in [6, 6.07) is 47.0. The third kappa shape index (κ3) is 7.37. The van der Waals surface area contributed by atoms with Crippen LogP contribution in [0.3, 0.4) is 0 Å². The molecule has 13 aromatic rings. The standard InChI is InChI=1S/C65H44N6O.Pt/c1-65(2,3)45-34-35-67-63(36-45)71-58-31-16-13-28-51(58)54-40-55(66-4)62(41-61(54)71)72-48-25-19-24-46(37-48)68-42-69(60-33-18-17-32-59(60)68)64-52(43-20-7-5-8-21-43)38-47(39-53(64)44-22-9-6-10-23-44)70-56-29-14-11-26-49(56)50-27-12-15-30-57(50)70;/h5-36,38-40H,1-3H3;/q-2;/i5D,6D,7D,8D,9D,10D,20D,21D,22D,23D;. The van der Waals surface area contributed by atoms with Gasteiger partial charge in [-0.25, -0.2) is 0 Å². The van der Waals surface area contributed by atoms with Gasteiger partial charge in [0.15, 0.2) is 0 Å². The van der Waals surface area contributed by atoms with Gasteiger partial charge in [-0.3, -0.25) is 0 Å². The first-order valence-electron chi connectivity index (χ1n) is 28.4. The predicted octanol–water partition coefficient (Wildman–Crippen LogP) is 16.7. The van der Waals surface area contributed by atoms with Crippen LogP contribution < -0.4 is 4.74 Å². The number of nitrogens with zero attached hydrogens (tertiary/aromatic N) is 6. The zero-order valence-corrected chi connectivity index (χ0v) is 41.6. The van der Waals surface area contributed by atoms with E-state index < -0.39 is 60.4 Å². The molecule has 4 aromatic heterocycles. The summed E-state index contributed by atoms with van der Waals surface area (Å²) in [6.07, 6.45) is 1.80. The molecule has 0 N–H and O–H groups in total. The summed E-state index contributed by atoms with van der Waals surface area (Å²) in [5, 5.41) is 3.52. The Balaban J connectivity index is 1.08. The van der Waals surface area contributed by atoms with Crippen LogP contribution in [-0.4, -0.2) is 23.3 Å². The topological polar surface area (TPSA) is 46.2 Å². The van der Waals surface area contributed by atoms with Crippen molar-refractivity contribution in [1.82, 2.24) is 23.3 Å². The zero-order valence-electron chi connectivity index (χ0n) is 49.3. The van der Waals surface area contributed by atoms with Crippen molar-refractivity contribution in [2.75, 3.05) is 0 Å². The maximum atomic E-state index is 9.56. The molecule has 9 aromatic carbocycles. The average molecular weight is 1130 g/mol. The first kappa shape index (κ1) is 34.5. The van der Waals surface area contributed by atoms with Gasteiger partial charge in [-0.1, -0.05) is 32.9 Å². The molecule has 0 aliphatic rings. The second-order valence-electron chi connectivity index (χ2n) is 18.5. The van der Waals surface area contributed by atoms with Gasteiger partial charge in [0.1, 0.15) is 0 Å². The van der Waals surface area contributed by atoms with Gasteiger partial charge < -0.3 is 0 Å². The molecule has 0 atom stereocenters. The maximum absolute atomic E-state index is 9.56. The van der Waals surface area contributed by atoms with Gasteiger partial charge in [0.05, 0.1) is 0 Å². The summed E-state index contributed by atoms with van der Waals surface area (Å²) in [5.74, 6) is 1.09. The molecule has 352 valence electrons. The zero-order chi connectivity index (χ0) is 58.1. The van der Waals surface area contributed by atoms with E-state index in [0.29, 0.717) is 37.5 Å². The monoisotopic (exact) mass is 1130 g/mol. The Bertz CT molecular complexity index is 4860. The van der Waals surface area contributed by atoms with E-state index in [0.717, 1.165) is 43.7 Å². The normalized spacial score (nSPS) is 13.8. The minimum absolute atomic E-state index is 0.116. The number of ether oxygens (including phenoxy) is 1. The van der Waals surface area contributed by atoms with Crippen molar-refractivity contribution >= 4 is 60.3 Å². The number of aromatic nitrogens is 5. The van der Waals surface area contributed by atoms with E-state index in [1.165, 1.54) is 0 Å². The quantitative estimate of drug-likeness (QED) is 0.142. The fourth-order valence-electron chi connectivity index (χ4n) is 9.94. The molecule has 0 aliphatic heterocycles. The van der Waals surface area contributed by atoms with E-state index in [2.05, 4.69) is 63.2 Å². The first-order valence-corrected chi connectivity index (χ1v) is 24.5. The molecule has 0 aliphatic carbocycles. The number of pyridine rings is 1.